The van der Waals surface area contributed by atoms with Crippen LogP contribution in [0.5, 0.6) is 0 Å². The summed E-state index contributed by atoms with van der Waals surface area (Å²) in [4.78, 5) is 0. The Bertz CT molecular complexity index is 456. The Morgan fingerprint density at radius 3 is 2.67 bits per heavy atom. The monoisotopic (exact) mass is 271 g/mol. The second-order valence-corrected chi connectivity index (χ2v) is 5.35. The smallest absolute Gasteiger partial charge is 0.195 e. The van der Waals surface area contributed by atoms with Gasteiger partial charge in [0.15, 0.2) is 4.77 Å². The van der Waals surface area contributed by atoms with E-state index in [2.05, 4.69) is 31.0 Å². The lowest BCUT2D eigenvalue weighted by atomic mass is 9.89. The van der Waals surface area contributed by atoms with Crippen molar-refractivity contribution in [1.82, 2.24) is 14.8 Å². The van der Waals surface area contributed by atoms with E-state index in [1.807, 2.05) is 4.57 Å². The van der Waals surface area contributed by atoms with Crippen LogP contribution in [0.4, 0.5) is 0 Å². The van der Waals surface area contributed by atoms with E-state index in [-0.39, 0.29) is 18.1 Å². The Hall–Kier alpha value is -0.720. The molecular formula is C12H21N3O2S. The van der Waals surface area contributed by atoms with Crippen LogP contribution >= 0.6 is 12.2 Å². The lowest BCUT2D eigenvalue weighted by molar-refractivity contribution is 0.0551. The van der Waals surface area contributed by atoms with Crippen molar-refractivity contribution in [2.75, 3.05) is 13.7 Å². The van der Waals surface area contributed by atoms with E-state index in [4.69, 9.17) is 21.7 Å². The fraction of sp³-hybridized carbons (Fsp3) is 0.833. The number of hydrogen-bond donors (Lipinski definition) is 1. The summed E-state index contributed by atoms with van der Waals surface area (Å²) in [6, 6.07) is 0. The van der Waals surface area contributed by atoms with E-state index in [1.165, 1.54) is 0 Å². The average Bonchev–Trinajstić information content (AvgIpc) is 2.79. The van der Waals surface area contributed by atoms with Gasteiger partial charge in [-0.05, 0) is 32.0 Å². The summed E-state index contributed by atoms with van der Waals surface area (Å²) in [5, 5.41) is 7.28. The van der Waals surface area contributed by atoms with Gasteiger partial charge in [0.25, 0.3) is 0 Å². The van der Waals surface area contributed by atoms with E-state index < -0.39 is 0 Å². The van der Waals surface area contributed by atoms with Crippen LogP contribution in [0.1, 0.15) is 32.5 Å². The molecular weight excluding hydrogens is 250 g/mol. The molecule has 0 amide bonds. The number of aromatic nitrogens is 3. The third kappa shape index (κ3) is 2.37. The fourth-order valence-corrected chi connectivity index (χ4v) is 2.93. The zero-order valence-electron chi connectivity index (χ0n) is 11.3. The van der Waals surface area contributed by atoms with Crippen molar-refractivity contribution < 1.29 is 9.47 Å². The van der Waals surface area contributed by atoms with Crippen LogP contribution in [0.3, 0.4) is 0 Å². The molecule has 0 bridgehead atoms. The molecule has 1 aromatic heterocycles. The molecule has 1 fully saturated rings. The molecule has 6 heteroatoms. The second-order valence-electron chi connectivity index (χ2n) is 4.96. The summed E-state index contributed by atoms with van der Waals surface area (Å²) in [7, 11) is 1.69. The standard InChI is InChI=1S/C12H21N3O2S/c1-7-8(2)17-9(3)10(7)11-13-14-12(18)15(11)5-6-16-4/h7-10H,5-6H2,1-4H3,(H,14,18). The van der Waals surface area contributed by atoms with Crippen LogP contribution < -0.4 is 0 Å². The number of rotatable bonds is 4. The molecule has 102 valence electrons. The first-order valence-electron chi connectivity index (χ1n) is 6.35. The highest BCUT2D eigenvalue weighted by Gasteiger charge is 2.40. The van der Waals surface area contributed by atoms with Gasteiger partial charge < -0.3 is 14.0 Å². The molecule has 1 aromatic rings. The highest BCUT2D eigenvalue weighted by molar-refractivity contribution is 7.71. The van der Waals surface area contributed by atoms with Gasteiger partial charge >= 0.3 is 0 Å². The zero-order valence-corrected chi connectivity index (χ0v) is 12.2. The minimum absolute atomic E-state index is 0.168. The first kappa shape index (κ1) is 13.7. The highest BCUT2D eigenvalue weighted by Crippen LogP contribution is 2.38. The third-order valence-corrected chi connectivity index (χ3v) is 4.16. The molecule has 0 aromatic carbocycles. The molecule has 1 saturated heterocycles. The average molecular weight is 271 g/mol. The van der Waals surface area contributed by atoms with Crippen molar-refractivity contribution in [3.63, 3.8) is 0 Å². The van der Waals surface area contributed by atoms with E-state index >= 15 is 0 Å². The van der Waals surface area contributed by atoms with Gasteiger partial charge in [-0.25, -0.2) is 0 Å². The molecule has 1 aliphatic rings. The van der Waals surface area contributed by atoms with Crippen LogP contribution in [-0.4, -0.2) is 40.7 Å². The fourth-order valence-electron chi connectivity index (χ4n) is 2.69. The first-order valence-corrected chi connectivity index (χ1v) is 6.76. The third-order valence-electron chi connectivity index (χ3n) is 3.85. The van der Waals surface area contributed by atoms with Gasteiger partial charge in [0.1, 0.15) is 5.82 Å². The van der Waals surface area contributed by atoms with E-state index in [0.717, 1.165) is 12.4 Å². The summed E-state index contributed by atoms with van der Waals surface area (Å²) in [5.41, 5.74) is 0. The number of nitrogens with one attached hydrogen (secondary N) is 1. The van der Waals surface area contributed by atoms with Crippen molar-refractivity contribution in [1.29, 1.82) is 0 Å². The number of ether oxygens (including phenoxy) is 2. The Labute approximate surface area is 112 Å². The van der Waals surface area contributed by atoms with Gasteiger partial charge in [0.05, 0.1) is 24.7 Å². The van der Waals surface area contributed by atoms with Crippen molar-refractivity contribution in [3.05, 3.63) is 10.6 Å². The van der Waals surface area contributed by atoms with Gasteiger partial charge in [-0.1, -0.05) is 6.92 Å². The number of methoxy groups -OCH3 is 1. The summed E-state index contributed by atoms with van der Waals surface area (Å²) in [5.74, 6) is 1.71. The molecule has 2 heterocycles. The van der Waals surface area contributed by atoms with Crippen LogP contribution in [0.2, 0.25) is 0 Å². The molecule has 0 aliphatic carbocycles. The van der Waals surface area contributed by atoms with Gasteiger partial charge in [0.2, 0.25) is 0 Å². The molecule has 4 atom stereocenters. The number of H-pyrrole nitrogens is 1. The Morgan fingerprint density at radius 1 is 1.39 bits per heavy atom. The molecule has 5 nitrogen and oxygen atoms in total. The Balaban J connectivity index is 2.30. The van der Waals surface area contributed by atoms with E-state index in [9.17, 15) is 0 Å². The molecule has 0 radical (unpaired) electrons. The lowest BCUT2D eigenvalue weighted by Crippen LogP contribution is -2.21. The molecule has 1 aliphatic heterocycles. The summed E-state index contributed by atoms with van der Waals surface area (Å²) in [6.45, 7) is 7.78. The first-order chi connectivity index (χ1) is 8.56. The topological polar surface area (TPSA) is 52.1 Å². The molecule has 18 heavy (non-hydrogen) atoms. The van der Waals surface area contributed by atoms with E-state index in [0.29, 0.717) is 17.3 Å². The summed E-state index contributed by atoms with van der Waals surface area (Å²) in [6.07, 6.45) is 0.424. The largest absolute Gasteiger partial charge is 0.383 e. The maximum absolute atomic E-state index is 5.88. The molecule has 1 N–H and O–H groups in total. The van der Waals surface area contributed by atoms with Gasteiger partial charge in [0, 0.05) is 13.7 Å². The van der Waals surface area contributed by atoms with Crippen molar-refractivity contribution in [2.24, 2.45) is 5.92 Å². The van der Waals surface area contributed by atoms with Crippen LogP contribution in [-0.2, 0) is 16.0 Å². The maximum Gasteiger partial charge on any atom is 0.195 e. The minimum atomic E-state index is 0.168. The van der Waals surface area contributed by atoms with Gasteiger partial charge in [-0.15, -0.1) is 0 Å². The van der Waals surface area contributed by atoms with Gasteiger partial charge in [-0.2, -0.15) is 5.10 Å². The molecule has 4 unspecified atom stereocenters. The number of aromatic amines is 1. The Morgan fingerprint density at radius 2 is 2.11 bits per heavy atom. The van der Waals surface area contributed by atoms with Gasteiger partial charge in [-0.3, -0.25) is 5.10 Å². The Kier molecular flexibility index (Phi) is 4.19. The number of hydrogen-bond acceptors (Lipinski definition) is 4. The predicted octanol–water partition coefficient (Wildman–Crippen LogP) is 2.11. The molecule has 0 spiro atoms. The van der Waals surface area contributed by atoms with Crippen molar-refractivity contribution >= 4 is 12.2 Å². The second kappa shape index (κ2) is 5.50. The van der Waals surface area contributed by atoms with Crippen LogP contribution in [0.25, 0.3) is 0 Å². The molecule has 2 rings (SSSR count). The van der Waals surface area contributed by atoms with Crippen molar-refractivity contribution in [2.45, 2.75) is 45.4 Å². The van der Waals surface area contributed by atoms with E-state index in [1.54, 1.807) is 7.11 Å². The SMILES string of the molecule is COCCn1c(C2C(C)OC(C)C2C)n[nH]c1=S. The summed E-state index contributed by atoms with van der Waals surface area (Å²) >= 11 is 5.28. The summed E-state index contributed by atoms with van der Waals surface area (Å²) < 4.78 is 13.7. The highest BCUT2D eigenvalue weighted by atomic mass is 32.1. The predicted molar refractivity (Wildman–Crippen MR) is 71.2 cm³/mol. The lowest BCUT2D eigenvalue weighted by Gasteiger charge is -2.18. The van der Waals surface area contributed by atoms with Crippen LogP contribution in [0.15, 0.2) is 0 Å². The van der Waals surface area contributed by atoms with Crippen LogP contribution in [0, 0.1) is 10.7 Å². The van der Waals surface area contributed by atoms with Crippen molar-refractivity contribution in [3.8, 4) is 0 Å². The zero-order chi connectivity index (χ0) is 13.3. The molecule has 0 saturated carbocycles. The quantitative estimate of drug-likeness (QED) is 0.852. The minimum Gasteiger partial charge on any atom is -0.383 e. The number of nitrogens with zero attached hydrogens (tertiary/aromatic N) is 2. The normalized spacial score (nSPS) is 32.0. The maximum atomic E-state index is 5.88.